The van der Waals surface area contributed by atoms with Gasteiger partial charge in [-0.2, -0.15) is 0 Å². The van der Waals surface area contributed by atoms with Crippen molar-refractivity contribution >= 4 is 0 Å². The molecule has 0 radical (unpaired) electrons. The second kappa shape index (κ2) is 11.5. The second-order valence-electron chi connectivity index (χ2n) is 7.81. The standard InChI is InChI=1S/C23H37FO/c1-3-5-6-7-8-9-17-25-23-16-15-21(18-22(23)24)20-13-11-19(10-4-2)12-14-20/h15-16,18-20H,3-14,17H2,1-2H3/t19-,20-. The van der Waals surface area contributed by atoms with Crippen LogP contribution in [0.4, 0.5) is 4.39 Å². The molecule has 0 heterocycles. The molecule has 0 atom stereocenters. The molecule has 0 aromatic heterocycles. The molecule has 1 aromatic rings. The largest absolute Gasteiger partial charge is 0.491 e. The van der Waals surface area contributed by atoms with Gasteiger partial charge in [0.2, 0.25) is 0 Å². The van der Waals surface area contributed by atoms with Gasteiger partial charge in [0.25, 0.3) is 0 Å². The van der Waals surface area contributed by atoms with E-state index in [0.717, 1.165) is 12.3 Å². The summed E-state index contributed by atoms with van der Waals surface area (Å²) in [6, 6.07) is 5.66. The van der Waals surface area contributed by atoms with Gasteiger partial charge in [-0.1, -0.05) is 64.9 Å². The van der Waals surface area contributed by atoms with Gasteiger partial charge >= 0.3 is 0 Å². The topological polar surface area (TPSA) is 9.23 Å². The van der Waals surface area contributed by atoms with Crippen LogP contribution >= 0.6 is 0 Å². The maximum atomic E-state index is 14.4. The first-order valence-electron chi connectivity index (χ1n) is 10.7. The molecule has 1 saturated carbocycles. The number of unbranched alkanes of at least 4 members (excludes halogenated alkanes) is 5. The fourth-order valence-electron chi connectivity index (χ4n) is 4.15. The Balaban J connectivity index is 1.73. The van der Waals surface area contributed by atoms with Gasteiger partial charge in [-0.25, -0.2) is 4.39 Å². The van der Waals surface area contributed by atoms with Crippen molar-refractivity contribution < 1.29 is 9.13 Å². The minimum atomic E-state index is -0.181. The summed E-state index contributed by atoms with van der Waals surface area (Å²) in [7, 11) is 0. The van der Waals surface area contributed by atoms with E-state index in [1.54, 1.807) is 6.07 Å². The number of benzene rings is 1. The predicted molar refractivity (Wildman–Crippen MR) is 105 cm³/mol. The molecular formula is C23H37FO. The van der Waals surface area contributed by atoms with Gasteiger partial charge in [-0.3, -0.25) is 0 Å². The summed E-state index contributed by atoms with van der Waals surface area (Å²) < 4.78 is 20.0. The third kappa shape index (κ3) is 6.99. The lowest BCUT2D eigenvalue weighted by Crippen LogP contribution is -2.13. The minimum absolute atomic E-state index is 0.181. The summed E-state index contributed by atoms with van der Waals surface area (Å²) in [5.41, 5.74) is 1.17. The van der Waals surface area contributed by atoms with E-state index in [-0.39, 0.29) is 5.82 Å². The van der Waals surface area contributed by atoms with E-state index < -0.39 is 0 Å². The van der Waals surface area contributed by atoms with E-state index >= 15 is 0 Å². The zero-order valence-electron chi connectivity index (χ0n) is 16.4. The quantitative estimate of drug-likeness (QED) is 0.373. The van der Waals surface area contributed by atoms with E-state index in [1.807, 2.05) is 6.07 Å². The van der Waals surface area contributed by atoms with Crippen LogP contribution in [-0.2, 0) is 0 Å². The fraction of sp³-hybridized carbons (Fsp3) is 0.739. The molecule has 1 aliphatic rings. The lowest BCUT2D eigenvalue weighted by atomic mass is 9.77. The number of ether oxygens (including phenoxy) is 1. The molecule has 1 nitrogen and oxygen atoms in total. The summed E-state index contributed by atoms with van der Waals surface area (Å²) in [5.74, 6) is 1.68. The molecule has 0 amide bonds. The normalized spacial score (nSPS) is 20.6. The van der Waals surface area contributed by atoms with E-state index in [0.29, 0.717) is 18.3 Å². The lowest BCUT2D eigenvalue weighted by Gasteiger charge is -2.28. The predicted octanol–water partition coefficient (Wildman–Crippen LogP) is 7.64. The van der Waals surface area contributed by atoms with Crippen LogP contribution < -0.4 is 4.74 Å². The molecule has 0 aliphatic heterocycles. The Morgan fingerprint density at radius 3 is 2.32 bits per heavy atom. The Hall–Kier alpha value is -1.05. The number of halogens is 1. The van der Waals surface area contributed by atoms with Crippen LogP contribution in [0.5, 0.6) is 5.75 Å². The Labute approximate surface area is 154 Å². The second-order valence-corrected chi connectivity index (χ2v) is 7.81. The summed E-state index contributed by atoms with van der Waals surface area (Å²) in [5, 5.41) is 0. The summed E-state index contributed by atoms with van der Waals surface area (Å²) in [4.78, 5) is 0. The highest BCUT2D eigenvalue weighted by Crippen LogP contribution is 2.38. The van der Waals surface area contributed by atoms with Gasteiger partial charge in [0.1, 0.15) is 0 Å². The van der Waals surface area contributed by atoms with Gasteiger partial charge in [0.05, 0.1) is 6.61 Å². The van der Waals surface area contributed by atoms with Crippen LogP contribution in [0.3, 0.4) is 0 Å². The molecule has 0 spiro atoms. The van der Waals surface area contributed by atoms with E-state index in [9.17, 15) is 4.39 Å². The maximum absolute atomic E-state index is 14.4. The molecule has 25 heavy (non-hydrogen) atoms. The molecule has 1 aliphatic carbocycles. The van der Waals surface area contributed by atoms with Crippen LogP contribution in [-0.4, -0.2) is 6.61 Å². The molecule has 0 unspecified atom stereocenters. The molecule has 0 N–H and O–H groups in total. The average molecular weight is 349 g/mol. The van der Waals surface area contributed by atoms with Crippen molar-refractivity contribution in [2.75, 3.05) is 6.61 Å². The summed E-state index contributed by atoms with van der Waals surface area (Å²) >= 11 is 0. The van der Waals surface area contributed by atoms with Crippen molar-refractivity contribution in [3.63, 3.8) is 0 Å². The number of hydrogen-bond donors (Lipinski definition) is 0. The van der Waals surface area contributed by atoms with E-state index in [4.69, 9.17) is 4.74 Å². The molecule has 142 valence electrons. The van der Waals surface area contributed by atoms with E-state index in [1.165, 1.54) is 76.2 Å². The molecule has 0 bridgehead atoms. The smallest absolute Gasteiger partial charge is 0.165 e. The van der Waals surface area contributed by atoms with Gasteiger partial charge in [-0.15, -0.1) is 0 Å². The number of hydrogen-bond acceptors (Lipinski definition) is 1. The fourth-order valence-corrected chi connectivity index (χ4v) is 4.15. The monoisotopic (exact) mass is 348 g/mol. The zero-order valence-corrected chi connectivity index (χ0v) is 16.4. The van der Waals surface area contributed by atoms with Crippen LogP contribution in [0, 0.1) is 11.7 Å². The molecule has 2 rings (SSSR count). The van der Waals surface area contributed by atoms with Crippen molar-refractivity contribution in [2.24, 2.45) is 5.92 Å². The Morgan fingerprint density at radius 1 is 0.920 bits per heavy atom. The molecular weight excluding hydrogens is 311 g/mol. The van der Waals surface area contributed by atoms with Crippen molar-refractivity contribution in [1.82, 2.24) is 0 Å². The van der Waals surface area contributed by atoms with Crippen molar-refractivity contribution in [2.45, 2.75) is 96.8 Å². The number of rotatable bonds is 11. The van der Waals surface area contributed by atoms with Gasteiger partial charge < -0.3 is 4.74 Å². The summed E-state index contributed by atoms with van der Waals surface area (Å²) in [6.45, 7) is 5.13. The highest BCUT2D eigenvalue weighted by molar-refractivity contribution is 5.31. The Kier molecular flexibility index (Phi) is 9.36. The van der Waals surface area contributed by atoms with Crippen LogP contribution in [0.15, 0.2) is 18.2 Å². The minimum Gasteiger partial charge on any atom is -0.491 e. The maximum Gasteiger partial charge on any atom is 0.165 e. The first-order chi connectivity index (χ1) is 12.2. The highest BCUT2D eigenvalue weighted by Gasteiger charge is 2.22. The van der Waals surface area contributed by atoms with Gasteiger partial charge in [0, 0.05) is 0 Å². The molecule has 0 saturated heterocycles. The van der Waals surface area contributed by atoms with E-state index in [2.05, 4.69) is 19.9 Å². The van der Waals surface area contributed by atoms with Crippen LogP contribution in [0.1, 0.15) is 102 Å². The third-order valence-corrected chi connectivity index (χ3v) is 5.73. The zero-order chi connectivity index (χ0) is 17.9. The van der Waals surface area contributed by atoms with Crippen LogP contribution in [0.25, 0.3) is 0 Å². The van der Waals surface area contributed by atoms with Gasteiger partial charge in [0.15, 0.2) is 11.6 Å². The highest BCUT2D eigenvalue weighted by atomic mass is 19.1. The van der Waals surface area contributed by atoms with Crippen molar-refractivity contribution in [1.29, 1.82) is 0 Å². The lowest BCUT2D eigenvalue weighted by molar-refractivity contribution is 0.288. The molecule has 1 aromatic carbocycles. The summed E-state index contributed by atoms with van der Waals surface area (Å²) in [6.07, 6.45) is 15.0. The Bertz CT molecular complexity index is 477. The Morgan fingerprint density at radius 2 is 1.64 bits per heavy atom. The third-order valence-electron chi connectivity index (χ3n) is 5.73. The average Bonchev–Trinajstić information content (AvgIpc) is 2.63. The SMILES string of the molecule is CCCCCCCCOc1ccc([C@H]2CC[C@H](CCC)CC2)cc1F. The molecule has 2 heteroatoms. The van der Waals surface area contributed by atoms with Crippen molar-refractivity contribution in [3.8, 4) is 5.75 Å². The van der Waals surface area contributed by atoms with Crippen molar-refractivity contribution in [3.05, 3.63) is 29.6 Å². The van der Waals surface area contributed by atoms with Gasteiger partial charge in [-0.05, 0) is 61.6 Å². The van der Waals surface area contributed by atoms with Crippen LogP contribution in [0.2, 0.25) is 0 Å². The first kappa shape index (κ1) is 20.3. The first-order valence-corrected chi connectivity index (χ1v) is 10.7. The molecule has 1 fully saturated rings.